The third-order valence-corrected chi connectivity index (χ3v) is 7.65. The fraction of sp³-hybridized carbons (Fsp3) is 0.481. The molecule has 2 aromatic carbocycles. The van der Waals surface area contributed by atoms with Crippen molar-refractivity contribution in [2.75, 3.05) is 25.2 Å². The molecule has 0 radical (unpaired) electrons. The lowest BCUT2D eigenvalue weighted by molar-refractivity contribution is -0.138. The van der Waals surface area contributed by atoms with Crippen LogP contribution in [0.4, 0.5) is 14.5 Å². The van der Waals surface area contributed by atoms with Crippen LogP contribution in [0.15, 0.2) is 36.4 Å². The quantitative estimate of drug-likeness (QED) is 0.501. The molecule has 186 valence electrons. The van der Waals surface area contributed by atoms with Gasteiger partial charge in [0.2, 0.25) is 0 Å². The van der Waals surface area contributed by atoms with Crippen LogP contribution in [-0.4, -0.2) is 46.9 Å². The number of carboxylic acids is 1. The van der Waals surface area contributed by atoms with E-state index in [2.05, 4.69) is 35.6 Å². The van der Waals surface area contributed by atoms with E-state index >= 15 is 0 Å². The summed E-state index contributed by atoms with van der Waals surface area (Å²) in [4.78, 5) is 19.7. The van der Waals surface area contributed by atoms with Crippen LogP contribution in [0, 0.1) is 0 Å². The second-order valence-corrected chi connectivity index (χ2v) is 9.76. The van der Waals surface area contributed by atoms with Crippen LogP contribution in [0.1, 0.15) is 67.1 Å². The van der Waals surface area contributed by atoms with Crippen LogP contribution in [0.2, 0.25) is 0 Å². The first kappa shape index (κ1) is 23.7. The third kappa shape index (κ3) is 4.40. The van der Waals surface area contributed by atoms with Crippen molar-refractivity contribution < 1.29 is 23.4 Å². The fourth-order valence-electron chi connectivity index (χ4n) is 5.50. The molecule has 3 heterocycles. The molecule has 0 spiro atoms. The highest BCUT2D eigenvalue weighted by Gasteiger charge is 2.30. The number of fused-ring (bicyclic) bond motifs is 3. The monoisotopic (exact) mass is 483 g/mol. The van der Waals surface area contributed by atoms with Gasteiger partial charge in [0.25, 0.3) is 6.43 Å². The molecule has 3 aromatic rings. The molecule has 0 aliphatic carbocycles. The topological polar surface area (TPSA) is 67.6 Å². The van der Waals surface area contributed by atoms with Crippen molar-refractivity contribution in [2.24, 2.45) is 0 Å². The highest BCUT2D eigenvalue weighted by molar-refractivity contribution is 5.86. The molecule has 8 heteroatoms. The minimum atomic E-state index is -2.59. The maximum Gasteiger partial charge on any atom is 0.311 e. The van der Waals surface area contributed by atoms with Crippen LogP contribution in [0.25, 0.3) is 11.0 Å². The maximum absolute atomic E-state index is 13.0. The van der Waals surface area contributed by atoms with E-state index in [0.29, 0.717) is 24.0 Å². The predicted molar refractivity (Wildman–Crippen MR) is 130 cm³/mol. The van der Waals surface area contributed by atoms with E-state index in [0.717, 1.165) is 43.3 Å². The highest BCUT2D eigenvalue weighted by Crippen LogP contribution is 2.38. The zero-order valence-electron chi connectivity index (χ0n) is 20.1. The highest BCUT2D eigenvalue weighted by atomic mass is 19.3. The summed E-state index contributed by atoms with van der Waals surface area (Å²) < 4.78 is 34.0. The molecule has 1 aromatic heterocycles. The molecule has 1 fully saturated rings. The van der Waals surface area contributed by atoms with Gasteiger partial charge in [0.1, 0.15) is 5.82 Å². The van der Waals surface area contributed by atoms with Crippen molar-refractivity contribution >= 4 is 22.7 Å². The molecule has 1 saturated heterocycles. The van der Waals surface area contributed by atoms with Crippen LogP contribution >= 0.6 is 0 Å². The second kappa shape index (κ2) is 9.57. The van der Waals surface area contributed by atoms with Gasteiger partial charge in [-0.1, -0.05) is 24.3 Å². The number of hydrogen-bond donors (Lipinski definition) is 1. The number of hydrogen-bond acceptors (Lipinski definition) is 4. The van der Waals surface area contributed by atoms with E-state index in [1.54, 1.807) is 0 Å². The summed E-state index contributed by atoms with van der Waals surface area (Å²) in [7, 11) is 2.10. The van der Waals surface area contributed by atoms with Crippen molar-refractivity contribution in [1.29, 1.82) is 0 Å². The van der Waals surface area contributed by atoms with Crippen LogP contribution in [0.5, 0.6) is 0 Å². The average molecular weight is 484 g/mol. The summed E-state index contributed by atoms with van der Waals surface area (Å²) in [6.07, 6.45) is 1.42. The summed E-state index contributed by atoms with van der Waals surface area (Å²) in [6, 6.07) is 10.4. The molecule has 2 aliphatic rings. The molecule has 6 nitrogen and oxygen atoms in total. The number of anilines is 1. The molecule has 3 unspecified atom stereocenters. The summed E-state index contributed by atoms with van der Waals surface area (Å²) in [5.41, 5.74) is 4.69. The fourth-order valence-corrected chi connectivity index (χ4v) is 5.50. The lowest BCUT2D eigenvalue weighted by Gasteiger charge is -2.34. The Labute approximate surface area is 203 Å². The van der Waals surface area contributed by atoms with E-state index in [-0.39, 0.29) is 18.0 Å². The number of benzene rings is 2. The van der Waals surface area contributed by atoms with E-state index in [4.69, 9.17) is 9.72 Å². The Morgan fingerprint density at radius 2 is 1.91 bits per heavy atom. The Morgan fingerprint density at radius 1 is 1.17 bits per heavy atom. The van der Waals surface area contributed by atoms with Gasteiger partial charge in [-0.25, -0.2) is 13.8 Å². The molecule has 0 bridgehead atoms. The molecule has 35 heavy (non-hydrogen) atoms. The number of rotatable bonds is 6. The smallest absolute Gasteiger partial charge is 0.311 e. The Bertz CT molecular complexity index is 1220. The number of ether oxygens (including phenoxy) is 1. The molecule has 0 saturated carbocycles. The van der Waals surface area contributed by atoms with Crippen molar-refractivity contribution in [1.82, 2.24) is 9.55 Å². The number of nitrogens with zero attached hydrogens (tertiary/aromatic N) is 3. The van der Waals surface area contributed by atoms with Gasteiger partial charge in [0.15, 0.2) is 0 Å². The third-order valence-electron chi connectivity index (χ3n) is 7.65. The lowest BCUT2D eigenvalue weighted by atomic mass is 9.94. The van der Waals surface area contributed by atoms with Gasteiger partial charge in [-0.05, 0) is 50.3 Å². The Balaban J connectivity index is 1.60. The van der Waals surface area contributed by atoms with Crippen LogP contribution in [0.3, 0.4) is 0 Å². The number of aryl methyl sites for hydroxylation is 1. The molecule has 1 N–H and O–H groups in total. The van der Waals surface area contributed by atoms with Crippen molar-refractivity contribution in [3.05, 3.63) is 58.9 Å². The molecular formula is C27H31F2N3O3. The van der Waals surface area contributed by atoms with Gasteiger partial charge < -0.3 is 19.3 Å². The van der Waals surface area contributed by atoms with E-state index in [1.165, 1.54) is 35.5 Å². The van der Waals surface area contributed by atoms with Gasteiger partial charge >= 0.3 is 5.97 Å². The maximum atomic E-state index is 13.0. The normalized spacial score (nSPS) is 21.3. The number of carbonyl (C=O) groups is 1. The summed E-state index contributed by atoms with van der Waals surface area (Å²) >= 11 is 0. The SMILES string of the molecule is CC1CCc2c(ccc3c2nc(CC(C(=O)O)c2ccc(C(F)F)cc2)n3C2CCCOC2)N1C. The van der Waals surface area contributed by atoms with E-state index < -0.39 is 18.3 Å². The molecule has 3 atom stereocenters. The zero-order chi connectivity index (χ0) is 24.7. The Morgan fingerprint density at radius 3 is 2.57 bits per heavy atom. The summed E-state index contributed by atoms with van der Waals surface area (Å²) in [5.74, 6) is -1.18. The number of imidazole rings is 1. The first-order chi connectivity index (χ1) is 16.8. The van der Waals surface area contributed by atoms with Crippen LogP contribution < -0.4 is 4.90 Å². The van der Waals surface area contributed by atoms with Gasteiger partial charge in [-0.15, -0.1) is 0 Å². The summed E-state index contributed by atoms with van der Waals surface area (Å²) in [6.45, 7) is 3.51. The first-order valence-corrected chi connectivity index (χ1v) is 12.3. The predicted octanol–water partition coefficient (Wildman–Crippen LogP) is 5.51. The van der Waals surface area contributed by atoms with Gasteiger partial charge in [-0.3, -0.25) is 4.79 Å². The number of aliphatic carboxylic acids is 1. The van der Waals surface area contributed by atoms with Crippen molar-refractivity contribution in [3.8, 4) is 0 Å². The summed E-state index contributed by atoms with van der Waals surface area (Å²) in [5, 5.41) is 10.1. The van der Waals surface area contributed by atoms with Crippen molar-refractivity contribution in [2.45, 2.75) is 63.5 Å². The minimum absolute atomic E-state index is 0.0812. The van der Waals surface area contributed by atoms with Gasteiger partial charge in [-0.2, -0.15) is 0 Å². The first-order valence-electron chi connectivity index (χ1n) is 12.3. The Hall–Kier alpha value is -3.00. The number of aromatic nitrogens is 2. The zero-order valence-corrected chi connectivity index (χ0v) is 20.1. The molecule has 5 rings (SSSR count). The van der Waals surface area contributed by atoms with E-state index in [1.807, 2.05) is 0 Å². The largest absolute Gasteiger partial charge is 0.481 e. The average Bonchev–Trinajstić information content (AvgIpc) is 3.23. The standard InChI is InChI=1S/C27H31F2N3O3/c1-16-5-10-20-22(31(16)2)11-12-23-25(20)30-24(32(23)19-4-3-13-35-15-19)14-21(27(33)34)17-6-8-18(9-7-17)26(28)29/h6-9,11-12,16,19,21,26H,3-5,10,13-15H2,1-2H3,(H,33,34). The lowest BCUT2D eigenvalue weighted by Crippen LogP contribution is -2.33. The Kier molecular flexibility index (Phi) is 6.49. The van der Waals surface area contributed by atoms with Gasteiger partial charge in [0.05, 0.1) is 29.6 Å². The number of halogens is 2. The number of carboxylic acid groups (broad SMARTS) is 1. The van der Waals surface area contributed by atoms with Crippen LogP contribution in [-0.2, 0) is 22.4 Å². The second-order valence-electron chi connectivity index (χ2n) is 9.76. The molecule has 0 amide bonds. The molecular weight excluding hydrogens is 452 g/mol. The number of alkyl halides is 2. The molecule has 2 aliphatic heterocycles. The minimum Gasteiger partial charge on any atom is -0.481 e. The van der Waals surface area contributed by atoms with Crippen molar-refractivity contribution in [3.63, 3.8) is 0 Å². The van der Waals surface area contributed by atoms with E-state index in [9.17, 15) is 18.7 Å². The van der Waals surface area contributed by atoms with Gasteiger partial charge in [0, 0.05) is 42.9 Å².